The van der Waals surface area contributed by atoms with E-state index in [2.05, 4.69) is 23.1 Å². The Hall–Kier alpha value is -1.82. The SMILES string of the molecule is CCN1CCC[C@@H](CN(C)C(=O)C2=C(C)OCCC2)[C@@H]1c1cnn(C)c1. The van der Waals surface area contributed by atoms with E-state index in [0.29, 0.717) is 12.0 Å². The topological polar surface area (TPSA) is 50.6 Å². The third kappa shape index (κ3) is 3.95. The molecule has 1 aromatic heterocycles. The molecule has 0 bridgehead atoms. The molecular weight excluding hydrogens is 328 g/mol. The first-order valence-electron chi connectivity index (χ1n) is 9.81. The number of likely N-dealkylation sites (N-methyl/N-ethyl adjacent to an activating group) is 1. The highest BCUT2D eigenvalue weighted by Crippen LogP contribution is 2.36. The summed E-state index contributed by atoms with van der Waals surface area (Å²) in [7, 11) is 3.90. The smallest absolute Gasteiger partial charge is 0.252 e. The van der Waals surface area contributed by atoms with Crippen LogP contribution in [-0.2, 0) is 16.6 Å². The average Bonchev–Trinajstić information content (AvgIpc) is 3.07. The summed E-state index contributed by atoms with van der Waals surface area (Å²) in [5.74, 6) is 1.35. The highest BCUT2D eigenvalue weighted by Gasteiger charge is 2.34. The summed E-state index contributed by atoms with van der Waals surface area (Å²) in [6, 6.07) is 0.329. The maximum atomic E-state index is 12.9. The molecule has 0 spiro atoms. The molecule has 1 fully saturated rings. The predicted octanol–water partition coefficient (Wildman–Crippen LogP) is 2.74. The molecule has 3 rings (SSSR count). The number of ether oxygens (including phenoxy) is 1. The van der Waals surface area contributed by atoms with Crippen LogP contribution in [0.2, 0.25) is 0 Å². The zero-order valence-electron chi connectivity index (χ0n) is 16.6. The van der Waals surface area contributed by atoms with E-state index < -0.39 is 0 Å². The van der Waals surface area contributed by atoms with E-state index in [0.717, 1.165) is 56.8 Å². The van der Waals surface area contributed by atoms with Gasteiger partial charge in [-0.25, -0.2) is 0 Å². The summed E-state index contributed by atoms with van der Waals surface area (Å²) >= 11 is 0. The number of rotatable bonds is 5. The minimum Gasteiger partial charge on any atom is -0.498 e. The quantitative estimate of drug-likeness (QED) is 0.810. The molecule has 2 aliphatic heterocycles. The van der Waals surface area contributed by atoms with Crippen molar-refractivity contribution in [3.8, 4) is 0 Å². The van der Waals surface area contributed by atoms with Crippen molar-refractivity contribution < 1.29 is 9.53 Å². The van der Waals surface area contributed by atoms with Gasteiger partial charge in [0.1, 0.15) is 5.76 Å². The molecule has 0 unspecified atom stereocenters. The first kappa shape index (κ1) is 19.0. The van der Waals surface area contributed by atoms with Crippen molar-refractivity contribution in [2.45, 2.75) is 45.6 Å². The summed E-state index contributed by atoms with van der Waals surface area (Å²) in [5, 5.41) is 4.38. The molecule has 1 saturated heterocycles. The van der Waals surface area contributed by atoms with E-state index in [4.69, 9.17) is 4.74 Å². The zero-order chi connectivity index (χ0) is 18.7. The third-order valence-electron chi connectivity index (χ3n) is 5.76. The molecule has 0 aromatic carbocycles. The van der Waals surface area contributed by atoms with Crippen molar-refractivity contribution in [1.82, 2.24) is 19.6 Å². The lowest BCUT2D eigenvalue weighted by molar-refractivity contribution is -0.127. The van der Waals surface area contributed by atoms with E-state index in [1.165, 1.54) is 12.0 Å². The van der Waals surface area contributed by atoms with E-state index in [9.17, 15) is 4.79 Å². The maximum Gasteiger partial charge on any atom is 0.252 e. The van der Waals surface area contributed by atoms with Crippen LogP contribution in [-0.4, -0.2) is 58.8 Å². The van der Waals surface area contributed by atoms with Crippen LogP contribution in [0.3, 0.4) is 0 Å². The predicted molar refractivity (Wildman–Crippen MR) is 101 cm³/mol. The number of likely N-dealkylation sites (tertiary alicyclic amines) is 1. The van der Waals surface area contributed by atoms with Crippen LogP contribution in [0.1, 0.15) is 51.1 Å². The Bertz CT molecular complexity index is 667. The number of carbonyl (C=O) groups is 1. The summed E-state index contributed by atoms with van der Waals surface area (Å²) in [6.45, 7) is 7.76. The maximum absolute atomic E-state index is 12.9. The van der Waals surface area contributed by atoms with Crippen LogP contribution in [0, 0.1) is 5.92 Å². The summed E-state index contributed by atoms with van der Waals surface area (Å²) < 4.78 is 7.46. The number of aromatic nitrogens is 2. The van der Waals surface area contributed by atoms with Crippen molar-refractivity contribution >= 4 is 5.91 Å². The first-order valence-corrected chi connectivity index (χ1v) is 9.81. The van der Waals surface area contributed by atoms with Crippen LogP contribution < -0.4 is 0 Å². The van der Waals surface area contributed by atoms with E-state index in [1.54, 1.807) is 0 Å². The van der Waals surface area contributed by atoms with Gasteiger partial charge in [0.15, 0.2) is 0 Å². The van der Waals surface area contributed by atoms with Gasteiger partial charge >= 0.3 is 0 Å². The van der Waals surface area contributed by atoms with Crippen LogP contribution in [0.25, 0.3) is 0 Å². The number of carbonyl (C=O) groups excluding carboxylic acids is 1. The Morgan fingerprint density at radius 2 is 2.23 bits per heavy atom. The number of hydrogen-bond donors (Lipinski definition) is 0. The third-order valence-corrected chi connectivity index (χ3v) is 5.76. The molecule has 0 saturated carbocycles. The van der Waals surface area contributed by atoms with Crippen molar-refractivity contribution in [3.63, 3.8) is 0 Å². The van der Waals surface area contributed by atoms with Gasteiger partial charge < -0.3 is 9.64 Å². The minimum absolute atomic E-state index is 0.126. The zero-order valence-corrected chi connectivity index (χ0v) is 16.6. The fourth-order valence-corrected chi connectivity index (χ4v) is 4.43. The normalized spacial score (nSPS) is 24.5. The fourth-order valence-electron chi connectivity index (χ4n) is 4.43. The second kappa shape index (κ2) is 8.25. The number of amides is 1. The van der Waals surface area contributed by atoms with Crippen molar-refractivity contribution in [2.24, 2.45) is 13.0 Å². The standard InChI is InChI=1S/C20H32N4O2/c1-5-24-10-6-8-16(19(24)17-12-21-23(4)14-17)13-22(3)20(25)18-9-7-11-26-15(18)2/h12,14,16,19H,5-11,13H2,1-4H3/t16-,19+/m0/s1. The Morgan fingerprint density at radius 1 is 1.42 bits per heavy atom. The number of piperidine rings is 1. The second-order valence-electron chi connectivity index (χ2n) is 7.60. The van der Waals surface area contributed by atoms with Gasteiger partial charge in [0.25, 0.3) is 5.91 Å². The van der Waals surface area contributed by atoms with Gasteiger partial charge in [-0.3, -0.25) is 14.4 Å². The minimum atomic E-state index is 0.126. The van der Waals surface area contributed by atoms with Crippen LogP contribution in [0.4, 0.5) is 0 Å². The Balaban J connectivity index is 1.76. The molecule has 1 amide bonds. The molecular formula is C20H32N4O2. The lowest BCUT2D eigenvalue weighted by Gasteiger charge is -2.42. The number of allylic oxidation sites excluding steroid dienone is 1. The van der Waals surface area contributed by atoms with Crippen LogP contribution in [0.5, 0.6) is 0 Å². The molecule has 2 aliphatic rings. The summed E-state index contributed by atoms with van der Waals surface area (Å²) in [6.07, 6.45) is 8.18. The molecule has 3 heterocycles. The number of aryl methyl sites for hydroxylation is 1. The van der Waals surface area contributed by atoms with Gasteiger partial charge in [-0.2, -0.15) is 5.10 Å². The van der Waals surface area contributed by atoms with Gasteiger partial charge in [-0.05, 0) is 51.6 Å². The molecule has 26 heavy (non-hydrogen) atoms. The largest absolute Gasteiger partial charge is 0.498 e. The lowest BCUT2D eigenvalue weighted by atomic mass is 9.85. The van der Waals surface area contributed by atoms with Gasteiger partial charge in [-0.15, -0.1) is 0 Å². The average molecular weight is 361 g/mol. The highest BCUT2D eigenvalue weighted by atomic mass is 16.5. The molecule has 2 atom stereocenters. The Morgan fingerprint density at radius 3 is 2.88 bits per heavy atom. The molecule has 0 radical (unpaired) electrons. The molecule has 1 aromatic rings. The van der Waals surface area contributed by atoms with E-state index in [-0.39, 0.29) is 5.91 Å². The van der Waals surface area contributed by atoms with Gasteiger partial charge in [0.05, 0.1) is 18.4 Å². The monoisotopic (exact) mass is 360 g/mol. The lowest BCUT2D eigenvalue weighted by Crippen LogP contribution is -2.44. The molecule has 144 valence electrons. The van der Waals surface area contributed by atoms with Crippen LogP contribution >= 0.6 is 0 Å². The van der Waals surface area contributed by atoms with Crippen molar-refractivity contribution in [2.75, 3.05) is 33.3 Å². The van der Waals surface area contributed by atoms with Crippen molar-refractivity contribution in [3.05, 3.63) is 29.3 Å². The Labute approximate surface area is 156 Å². The molecule has 6 heteroatoms. The van der Waals surface area contributed by atoms with E-state index >= 15 is 0 Å². The first-order chi connectivity index (χ1) is 12.5. The van der Waals surface area contributed by atoms with Gasteiger partial charge in [-0.1, -0.05) is 6.92 Å². The van der Waals surface area contributed by atoms with E-state index in [1.807, 2.05) is 36.8 Å². The molecule has 6 nitrogen and oxygen atoms in total. The molecule has 0 N–H and O–H groups in total. The van der Waals surface area contributed by atoms with Gasteiger partial charge in [0.2, 0.25) is 0 Å². The van der Waals surface area contributed by atoms with Crippen molar-refractivity contribution in [1.29, 1.82) is 0 Å². The fraction of sp³-hybridized carbons (Fsp3) is 0.700. The Kier molecular flexibility index (Phi) is 6.01. The number of nitrogens with zero attached hydrogens (tertiary/aromatic N) is 4. The number of hydrogen-bond acceptors (Lipinski definition) is 4. The highest BCUT2D eigenvalue weighted by molar-refractivity contribution is 5.93. The molecule has 0 aliphatic carbocycles. The summed E-state index contributed by atoms with van der Waals surface area (Å²) in [5.41, 5.74) is 2.11. The van der Waals surface area contributed by atoms with Gasteiger partial charge in [0, 0.05) is 38.4 Å². The van der Waals surface area contributed by atoms with Crippen LogP contribution in [0.15, 0.2) is 23.7 Å². The summed E-state index contributed by atoms with van der Waals surface area (Å²) in [4.78, 5) is 17.4. The second-order valence-corrected chi connectivity index (χ2v) is 7.60.